The van der Waals surface area contributed by atoms with Gasteiger partial charge in [-0.05, 0) is 99.3 Å². The fraction of sp³-hybridized carbons (Fsp3) is 0.593. The molecule has 0 aliphatic heterocycles. The monoisotopic (exact) mass is 400 g/mol. The van der Waals surface area contributed by atoms with Gasteiger partial charge in [0.1, 0.15) is 0 Å². The summed E-state index contributed by atoms with van der Waals surface area (Å²) in [6, 6.07) is 0. The number of hydrogen-bond donors (Lipinski definition) is 1. The predicted molar refractivity (Wildman–Crippen MR) is 128 cm³/mol. The van der Waals surface area contributed by atoms with Crippen molar-refractivity contribution in [1.29, 1.82) is 0 Å². The van der Waals surface area contributed by atoms with Crippen molar-refractivity contribution in [3.63, 3.8) is 0 Å². The van der Waals surface area contributed by atoms with Crippen LogP contribution in [0.3, 0.4) is 0 Å². The molecule has 0 unspecified atom stereocenters. The lowest BCUT2D eigenvalue weighted by Gasteiger charge is -2.03. The minimum Gasteiger partial charge on any atom is -0.481 e. The number of hydrogen-bond acceptors (Lipinski definition) is 1. The standard InChI is InChI=1S/C27H44O2/c1-22(2)12-7-13-23(3)14-8-15-24(4)16-9-17-25(5)18-10-19-26(6)20-11-21-27(28)29/h12,14,16,18,20H,7-11,13,15,17,19,21H2,1-6H3,(H,28,29). The van der Waals surface area contributed by atoms with Crippen LogP contribution in [0.4, 0.5) is 0 Å². The Morgan fingerprint density at radius 3 is 1.07 bits per heavy atom. The molecular weight excluding hydrogens is 356 g/mol. The predicted octanol–water partition coefficient (Wildman–Crippen LogP) is 8.72. The maximum absolute atomic E-state index is 10.5. The molecular formula is C27H44O2. The highest BCUT2D eigenvalue weighted by molar-refractivity contribution is 5.66. The molecule has 0 saturated heterocycles. The highest BCUT2D eigenvalue weighted by atomic mass is 16.4. The molecule has 0 rings (SSSR count). The second-order valence-corrected chi connectivity index (χ2v) is 8.57. The van der Waals surface area contributed by atoms with E-state index in [-0.39, 0.29) is 6.42 Å². The zero-order chi connectivity index (χ0) is 22.1. The second-order valence-electron chi connectivity index (χ2n) is 8.57. The van der Waals surface area contributed by atoms with Gasteiger partial charge in [-0.2, -0.15) is 0 Å². The normalized spacial score (nSPS) is 13.6. The maximum atomic E-state index is 10.5. The quantitative estimate of drug-likeness (QED) is 0.279. The summed E-state index contributed by atoms with van der Waals surface area (Å²) in [5.74, 6) is -0.723. The van der Waals surface area contributed by atoms with E-state index in [1.807, 2.05) is 0 Å². The lowest BCUT2D eigenvalue weighted by atomic mass is 10.0. The van der Waals surface area contributed by atoms with Crippen LogP contribution in [0.5, 0.6) is 0 Å². The largest absolute Gasteiger partial charge is 0.481 e. The highest BCUT2D eigenvalue weighted by Crippen LogP contribution is 2.15. The lowest BCUT2D eigenvalue weighted by molar-refractivity contribution is -0.136. The first kappa shape index (κ1) is 27.2. The number of aliphatic carboxylic acids is 1. The summed E-state index contributed by atoms with van der Waals surface area (Å²) < 4.78 is 0. The Balaban J connectivity index is 4.06. The molecule has 0 fully saturated rings. The van der Waals surface area contributed by atoms with Crippen LogP contribution in [0.25, 0.3) is 0 Å². The molecule has 0 spiro atoms. The summed E-state index contributed by atoms with van der Waals surface area (Å²) in [7, 11) is 0. The second kappa shape index (κ2) is 17.1. The van der Waals surface area contributed by atoms with Gasteiger partial charge in [0, 0.05) is 6.42 Å². The van der Waals surface area contributed by atoms with Crippen LogP contribution in [-0.2, 0) is 4.79 Å². The third kappa shape index (κ3) is 19.3. The fourth-order valence-electron chi connectivity index (χ4n) is 3.08. The molecule has 0 aliphatic rings. The molecule has 0 amide bonds. The van der Waals surface area contributed by atoms with E-state index in [1.54, 1.807) is 0 Å². The van der Waals surface area contributed by atoms with Gasteiger partial charge >= 0.3 is 5.97 Å². The van der Waals surface area contributed by atoms with Crippen molar-refractivity contribution >= 4 is 5.97 Å². The topological polar surface area (TPSA) is 37.3 Å². The van der Waals surface area contributed by atoms with Gasteiger partial charge in [0.25, 0.3) is 0 Å². The molecule has 0 saturated carbocycles. The van der Waals surface area contributed by atoms with Gasteiger partial charge in [-0.25, -0.2) is 0 Å². The van der Waals surface area contributed by atoms with Crippen molar-refractivity contribution in [2.45, 2.75) is 106 Å². The van der Waals surface area contributed by atoms with Gasteiger partial charge < -0.3 is 5.11 Å². The van der Waals surface area contributed by atoms with E-state index in [2.05, 4.69) is 71.9 Å². The van der Waals surface area contributed by atoms with Crippen LogP contribution in [0, 0.1) is 0 Å². The van der Waals surface area contributed by atoms with Gasteiger partial charge in [0.15, 0.2) is 0 Å². The highest BCUT2D eigenvalue weighted by Gasteiger charge is 1.96. The van der Waals surface area contributed by atoms with Crippen LogP contribution in [-0.4, -0.2) is 11.1 Å². The molecule has 0 aromatic carbocycles. The zero-order valence-corrected chi connectivity index (χ0v) is 19.8. The van der Waals surface area contributed by atoms with Crippen molar-refractivity contribution < 1.29 is 9.90 Å². The average molecular weight is 401 g/mol. The first-order valence-corrected chi connectivity index (χ1v) is 11.2. The number of carbonyl (C=O) groups is 1. The maximum Gasteiger partial charge on any atom is 0.303 e. The number of allylic oxidation sites excluding steroid dienone is 10. The van der Waals surface area contributed by atoms with Crippen molar-refractivity contribution in [3.05, 3.63) is 58.2 Å². The Morgan fingerprint density at radius 1 is 0.517 bits per heavy atom. The van der Waals surface area contributed by atoms with Gasteiger partial charge in [-0.15, -0.1) is 0 Å². The summed E-state index contributed by atoms with van der Waals surface area (Å²) >= 11 is 0. The van der Waals surface area contributed by atoms with E-state index in [9.17, 15) is 4.79 Å². The molecule has 0 aliphatic carbocycles. The molecule has 0 radical (unpaired) electrons. The first-order chi connectivity index (χ1) is 13.7. The van der Waals surface area contributed by atoms with Gasteiger partial charge in [0.05, 0.1) is 0 Å². The minimum atomic E-state index is -0.723. The molecule has 0 aromatic heterocycles. The fourth-order valence-corrected chi connectivity index (χ4v) is 3.08. The Kier molecular flexibility index (Phi) is 16.0. The number of carboxylic acids is 1. The summed E-state index contributed by atoms with van der Waals surface area (Å²) in [4.78, 5) is 10.5. The van der Waals surface area contributed by atoms with E-state index in [1.165, 1.54) is 34.3 Å². The van der Waals surface area contributed by atoms with E-state index in [0.29, 0.717) is 6.42 Å². The van der Waals surface area contributed by atoms with E-state index < -0.39 is 5.97 Å². The smallest absolute Gasteiger partial charge is 0.303 e. The average Bonchev–Trinajstić information content (AvgIpc) is 2.61. The summed E-state index contributed by atoms with van der Waals surface area (Å²) in [6.07, 6.45) is 21.3. The van der Waals surface area contributed by atoms with Gasteiger partial charge in [-0.3, -0.25) is 4.79 Å². The summed E-state index contributed by atoms with van der Waals surface area (Å²) in [5.41, 5.74) is 7.13. The van der Waals surface area contributed by atoms with Crippen LogP contribution in [0.15, 0.2) is 58.2 Å². The Bertz CT molecular complexity index is 623. The van der Waals surface area contributed by atoms with Crippen molar-refractivity contribution in [2.75, 3.05) is 0 Å². The molecule has 0 aromatic rings. The number of rotatable bonds is 15. The molecule has 29 heavy (non-hydrogen) atoms. The minimum absolute atomic E-state index is 0.225. The number of carboxylic acid groups (broad SMARTS) is 1. The van der Waals surface area contributed by atoms with Crippen molar-refractivity contribution in [1.82, 2.24) is 0 Å². The Hall–Kier alpha value is -1.83. The third-order valence-electron chi connectivity index (χ3n) is 5.04. The van der Waals surface area contributed by atoms with E-state index in [4.69, 9.17) is 5.11 Å². The van der Waals surface area contributed by atoms with Crippen LogP contribution in [0.2, 0.25) is 0 Å². The zero-order valence-electron chi connectivity index (χ0n) is 19.8. The summed E-state index contributed by atoms with van der Waals surface area (Å²) in [6.45, 7) is 13.1. The van der Waals surface area contributed by atoms with Gasteiger partial charge in [-0.1, -0.05) is 58.2 Å². The van der Waals surface area contributed by atoms with E-state index in [0.717, 1.165) is 44.9 Å². The first-order valence-electron chi connectivity index (χ1n) is 11.2. The molecule has 2 nitrogen and oxygen atoms in total. The molecule has 0 bridgehead atoms. The van der Waals surface area contributed by atoms with Crippen molar-refractivity contribution in [3.8, 4) is 0 Å². The van der Waals surface area contributed by atoms with Crippen LogP contribution < -0.4 is 0 Å². The molecule has 164 valence electrons. The Labute approximate surface area is 180 Å². The van der Waals surface area contributed by atoms with E-state index >= 15 is 0 Å². The lowest BCUT2D eigenvalue weighted by Crippen LogP contribution is -1.92. The Morgan fingerprint density at radius 2 is 0.793 bits per heavy atom. The van der Waals surface area contributed by atoms with Crippen molar-refractivity contribution in [2.24, 2.45) is 0 Å². The third-order valence-corrected chi connectivity index (χ3v) is 5.04. The van der Waals surface area contributed by atoms with Gasteiger partial charge in [0.2, 0.25) is 0 Å². The molecule has 0 atom stereocenters. The molecule has 2 heteroatoms. The summed E-state index contributed by atoms with van der Waals surface area (Å²) in [5, 5.41) is 8.67. The van der Waals surface area contributed by atoms with Crippen LogP contribution >= 0.6 is 0 Å². The molecule has 0 heterocycles. The molecule has 1 N–H and O–H groups in total. The van der Waals surface area contributed by atoms with Crippen LogP contribution in [0.1, 0.15) is 106 Å². The SMILES string of the molecule is CC(C)=CCCC(C)=CCCC(C)=CCCC(C)=CCCC(C)=CCCC(=O)O.